The molecule has 2 rings (SSSR count). The molecule has 0 saturated heterocycles. The molecular weight excluding hydrogens is 208 g/mol. The second-order valence-corrected chi connectivity index (χ2v) is 5.43. The summed E-state index contributed by atoms with van der Waals surface area (Å²) < 4.78 is 0. The van der Waals surface area contributed by atoms with E-state index in [9.17, 15) is 0 Å². The number of H-pyrrole nitrogens is 1. The minimum atomic E-state index is 0.685. The van der Waals surface area contributed by atoms with Gasteiger partial charge in [-0.2, -0.15) is 0 Å². The molecule has 2 heteroatoms. The Labute approximate surface area is 105 Å². The maximum absolute atomic E-state index is 4.45. The zero-order valence-electron chi connectivity index (χ0n) is 11.0. The molecule has 1 N–H and O–H groups in total. The maximum Gasteiger partial charge on any atom is 0.109 e. The highest BCUT2D eigenvalue weighted by atomic mass is 14.9. The highest BCUT2D eigenvalue weighted by Crippen LogP contribution is 2.27. The number of hydrogen-bond donors (Lipinski definition) is 1. The predicted molar refractivity (Wildman–Crippen MR) is 72.1 cm³/mol. The smallest absolute Gasteiger partial charge is 0.109 e. The number of nitrogens with zero attached hydrogens (tertiary/aromatic N) is 1. The van der Waals surface area contributed by atoms with Crippen LogP contribution in [0.3, 0.4) is 0 Å². The number of rotatable bonds is 1. The topological polar surface area (TPSA) is 28.7 Å². The van der Waals surface area contributed by atoms with Crippen LogP contribution in [-0.2, 0) is 0 Å². The van der Waals surface area contributed by atoms with Crippen molar-refractivity contribution in [3.63, 3.8) is 0 Å². The van der Waals surface area contributed by atoms with Crippen LogP contribution in [0.5, 0.6) is 0 Å². The van der Waals surface area contributed by atoms with Crippen LogP contribution in [0.15, 0.2) is 12.4 Å². The molecule has 1 fully saturated rings. The quantitative estimate of drug-likeness (QED) is 0.743. The largest absolute Gasteiger partial charge is 0.348 e. The van der Waals surface area contributed by atoms with Gasteiger partial charge in [-0.15, -0.1) is 0 Å². The van der Waals surface area contributed by atoms with E-state index in [4.69, 9.17) is 0 Å². The lowest BCUT2D eigenvalue weighted by atomic mass is 9.92. The van der Waals surface area contributed by atoms with Gasteiger partial charge in [0.25, 0.3) is 0 Å². The van der Waals surface area contributed by atoms with Gasteiger partial charge in [-0.05, 0) is 12.8 Å². The van der Waals surface area contributed by atoms with Crippen LogP contribution in [0.25, 0.3) is 0 Å². The molecule has 0 radical (unpaired) electrons. The molecule has 1 aliphatic rings. The van der Waals surface area contributed by atoms with E-state index in [1.165, 1.54) is 76.5 Å². The first-order valence-electron chi connectivity index (χ1n) is 7.46. The Morgan fingerprint density at radius 1 is 0.824 bits per heavy atom. The van der Waals surface area contributed by atoms with Crippen molar-refractivity contribution in [1.29, 1.82) is 0 Å². The Morgan fingerprint density at radius 2 is 1.35 bits per heavy atom. The summed E-state index contributed by atoms with van der Waals surface area (Å²) in [7, 11) is 0. The molecule has 0 spiro atoms. The molecule has 0 bridgehead atoms. The number of aromatic nitrogens is 2. The van der Waals surface area contributed by atoms with Crippen LogP contribution in [0.1, 0.15) is 82.4 Å². The van der Waals surface area contributed by atoms with Gasteiger partial charge in [0.05, 0.1) is 0 Å². The minimum Gasteiger partial charge on any atom is -0.348 e. The van der Waals surface area contributed by atoms with Gasteiger partial charge in [0, 0.05) is 18.3 Å². The Bertz CT molecular complexity index is 267. The summed E-state index contributed by atoms with van der Waals surface area (Å²) in [4.78, 5) is 7.76. The fourth-order valence-corrected chi connectivity index (χ4v) is 2.94. The van der Waals surface area contributed by atoms with Gasteiger partial charge in [0.1, 0.15) is 5.82 Å². The normalized spacial score (nSPS) is 21.6. The van der Waals surface area contributed by atoms with Crippen molar-refractivity contribution in [3.05, 3.63) is 18.2 Å². The van der Waals surface area contributed by atoms with E-state index in [2.05, 4.69) is 9.97 Å². The lowest BCUT2D eigenvalue weighted by Gasteiger charge is -2.15. The van der Waals surface area contributed by atoms with E-state index in [-0.39, 0.29) is 0 Å². The van der Waals surface area contributed by atoms with Crippen LogP contribution in [0, 0.1) is 0 Å². The number of aromatic amines is 1. The summed E-state index contributed by atoms with van der Waals surface area (Å²) >= 11 is 0. The molecule has 96 valence electrons. The lowest BCUT2D eigenvalue weighted by molar-refractivity contribution is 0.457. The van der Waals surface area contributed by atoms with Gasteiger partial charge in [0.15, 0.2) is 0 Å². The second-order valence-electron chi connectivity index (χ2n) is 5.43. The number of imidazole rings is 1. The lowest BCUT2D eigenvalue weighted by Crippen LogP contribution is -2.02. The second kappa shape index (κ2) is 7.52. The van der Waals surface area contributed by atoms with Gasteiger partial charge in [0.2, 0.25) is 0 Å². The standard InChI is InChI=1S/C15H26N2/c1-2-4-6-8-10-14(11-9-7-5-3-1)15-16-12-13-17-15/h12-14H,1-11H2,(H,16,17). The Morgan fingerprint density at radius 3 is 1.82 bits per heavy atom. The Kier molecular flexibility index (Phi) is 5.60. The summed E-state index contributed by atoms with van der Waals surface area (Å²) in [6.45, 7) is 0. The Hall–Kier alpha value is -0.790. The third kappa shape index (κ3) is 4.53. The predicted octanol–water partition coefficient (Wildman–Crippen LogP) is 4.80. The SMILES string of the molecule is c1c[nH]c(C2CCCCCCCCCCC2)n1. The van der Waals surface area contributed by atoms with E-state index in [1.807, 2.05) is 12.4 Å². The molecule has 1 saturated carbocycles. The van der Waals surface area contributed by atoms with Gasteiger partial charge >= 0.3 is 0 Å². The fourth-order valence-electron chi connectivity index (χ4n) is 2.94. The fraction of sp³-hybridized carbons (Fsp3) is 0.800. The van der Waals surface area contributed by atoms with Crippen molar-refractivity contribution in [2.45, 2.75) is 76.5 Å². The average molecular weight is 234 g/mol. The summed E-state index contributed by atoms with van der Waals surface area (Å²) in [5.74, 6) is 1.91. The van der Waals surface area contributed by atoms with Gasteiger partial charge < -0.3 is 4.98 Å². The summed E-state index contributed by atoms with van der Waals surface area (Å²) in [5, 5.41) is 0. The first-order chi connectivity index (χ1) is 8.47. The molecule has 0 unspecified atom stereocenters. The van der Waals surface area contributed by atoms with Gasteiger partial charge in [-0.1, -0.05) is 57.8 Å². The van der Waals surface area contributed by atoms with E-state index >= 15 is 0 Å². The van der Waals surface area contributed by atoms with Crippen molar-refractivity contribution < 1.29 is 0 Å². The summed E-state index contributed by atoms with van der Waals surface area (Å²) in [5.41, 5.74) is 0. The Balaban J connectivity index is 1.84. The van der Waals surface area contributed by atoms with Crippen molar-refractivity contribution >= 4 is 0 Å². The molecule has 17 heavy (non-hydrogen) atoms. The average Bonchev–Trinajstić information content (AvgIpc) is 2.83. The molecule has 0 atom stereocenters. The van der Waals surface area contributed by atoms with Crippen LogP contribution in [0.2, 0.25) is 0 Å². The van der Waals surface area contributed by atoms with Crippen molar-refractivity contribution in [3.8, 4) is 0 Å². The van der Waals surface area contributed by atoms with E-state index in [0.717, 1.165) is 0 Å². The van der Waals surface area contributed by atoms with E-state index in [0.29, 0.717) is 5.92 Å². The van der Waals surface area contributed by atoms with Crippen LogP contribution < -0.4 is 0 Å². The molecular formula is C15H26N2. The first-order valence-corrected chi connectivity index (χ1v) is 7.46. The van der Waals surface area contributed by atoms with Crippen LogP contribution >= 0.6 is 0 Å². The molecule has 1 aliphatic carbocycles. The zero-order chi connectivity index (χ0) is 11.8. The third-order valence-electron chi connectivity index (χ3n) is 4.01. The summed E-state index contributed by atoms with van der Waals surface area (Å²) in [6.07, 6.45) is 19.3. The molecule has 0 amide bonds. The van der Waals surface area contributed by atoms with Crippen molar-refractivity contribution in [1.82, 2.24) is 9.97 Å². The van der Waals surface area contributed by atoms with E-state index < -0.39 is 0 Å². The molecule has 2 nitrogen and oxygen atoms in total. The third-order valence-corrected chi connectivity index (χ3v) is 4.01. The highest BCUT2D eigenvalue weighted by Gasteiger charge is 2.13. The van der Waals surface area contributed by atoms with Crippen LogP contribution in [-0.4, -0.2) is 9.97 Å². The first kappa shape index (κ1) is 12.7. The molecule has 1 aromatic rings. The van der Waals surface area contributed by atoms with E-state index in [1.54, 1.807) is 0 Å². The number of hydrogen-bond acceptors (Lipinski definition) is 1. The molecule has 0 aromatic carbocycles. The summed E-state index contributed by atoms with van der Waals surface area (Å²) in [6, 6.07) is 0. The molecule has 1 heterocycles. The van der Waals surface area contributed by atoms with Crippen molar-refractivity contribution in [2.75, 3.05) is 0 Å². The number of nitrogens with one attached hydrogen (secondary N) is 1. The van der Waals surface area contributed by atoms with Gasteiger partial charge in [-0.3, -0.25) is 0 Å². The molecule has 0 aliphatic heterocycles. The monoisotopic (exact) mass is 234 g/mol. The highest BCUT2D eigenvalue weighted by molar-refractivity contribution is 4.96. The molecule has 1 aromatic heterocycles. The minimum absolute atomic E-state index is 0.685. The van der Waals surface area contributed by atoms with Crippen LogP contribution in [0.4, 0.5) is 0 Å². The van der Waals surface area contributed by atoms with Crippen molar-refractivity contribution in [2.24, 2.45) is 0 Å². The zero-order valence-corrected chi connectivity index (χ0v) is 11.0. The van der Waals surface area contributed by atoms with Gasteiger partial charge in [-0.25, -0.2) is 4.98 Å². The maximum atomic E-state index is 4.45.